The third-order valence-corrected chi connectivity index (χ3v) is 7.02. The molecule has 3 heterocycles. The van der Waals surface area contributed by atoms with Gasteiger partial charge in [0.1, 0.15) is 5.82 Å². The van der Waals surface area contributed by atoms with Crippen molar-refractivity contribution in [1.29, 1.82) is 0 Å². The maximum Gasteiger partial charge on any atom is 0.172 e. The summed E-state index contributed by atoms with van der Waals surface area (Å²) in [6, 6.07) is 11.0. The van der Waals surface area contributed by atoms with Gasteiger partial charge < -0.3 is 19.3 Å². The number of ether oxygens (including phenoxy) is 2. The number of aromatic nitrogens is 1. The highest BCUT2D eigenvalue weighted by atomic mass is 19.1. The molecule has 2 fully saturated rings. The Bertz CT molecular complexity index is 1040. The smallest absolute Gasteiger partial charge is 0.172 e. The Morgan fingerprint density at radius 3 is 2.67 bits per heavy atom. The van der Waals surface area contributed by atoms with Crippen LogP contribution in [-0.2, 0) is 28.9 Å². The van der Waals surface area contributed by atoms with Gasteiger partial charge in [0.2, 0.25) is 0 Å². The van der Waals surface area contributed by atoms with Gasteiger partial charge in [-0.25, -0.2) is 4.39 Å². The second-order valence-electron chi connectivity index (χ2n) is 9.35. The molecule has 1 atom stereocenters. The molecule has 5 rings (SSSR count). The minimum atomic E-state index is -0.221. The van der Waals surface area contributed by atoms with Crippen LogP contribution in [0.3, 0.4) is 0 Å². The minimum Gasteiger partial charge on any atom is -0.356 e. The zero-order valence-corrected chi connectivity index (χ0v) is 19.2. The molecule has 1 N–H and O–H groups in total. The molecular formula is C27H33FN2O3. The Morgan fingerprint density at radius 2 is 1.88 bits per heavy atom. The number of benzene rings is 2. The molecule has 0 radical (unpaired) electrons. The van der Waals surface area contributed by atoms with Crippen LogP contribution in [0, 0.1) is 11.7 Å². The van der Waals surface area contributed by atoms with Gasteiger partial charge in [-0.3, -0.25) is 0 Å². The molecule has 0 aliphatic carbocycles. The number of nitrogens with zero attached hydrogens (tertiary/aromatic N) is 1. The Kier molecular flexibility index (Phi) is 7.34. The maximum atomic E-state index is 13.4. The van der Waals surface area contributed by atoms with Gasteiger partial charge >= 0.3 is 0 Å². The molecule has 5 nitrogen and oxygen atoms in total. The van der Waals surface area contributed by atoms with E-state index in [-0.39, 0.29) is 12.1 Å². The number of hydrogen-bond donors (Lipinski definition) is 1. The van der Waals surface area contributed by atoms with Crippen molar-refractivity contribution in [3.05, 3.63) is 64.6 Å². The first-order chi connectivity index (χ1) is 16.3. The molecule has 2 aliphatic rings. The van der Waals surface area contributed by atoms with Crippen LogP contribution in [0.15, 0.2) is 40.9 Å². The Morgan fingerprint density at radius 1 is 1.03 bits per heavy atom. The first-order valence-electron chi connectivity index (χ1n) is 12.3. The van der Waals surface area contributed by atoms with E-state index < -0.39 is 0 Å². The summed E-state index contributed by atoms with van der Waals surface area (Å²) in [4.78, 5) is 0. The molecule has 0 bridgehead atoms. The molecule has 0 amide bonds. The van der Waals surface area contributed by atoms with Crippen LogP contribution in [-0.4, -0.2) is 31.1 Å². The molecule has 33 heavy (non-hydrogen) atoms. The standard InChI is InChI=1S/C27H33FN2O3/c28-22-8-4-20(5-9-22)17-21-7-10-23-25(11-6-19-12-14-29-15-13-19)30-33-27(23)24(21)18-32-26-3-1-2-16-31-26/h4-5,7-10,19,26,29H,1-3,6,11-18H2. The molecule has 1 unspecified atom stereocenters. The predicted octanol–water partition coefficient (Wildman–Crippen LogP) is 5.53. The number of aryl methyl sites for hydroxylation is 1. The number of halogens is 1. The molecule has 3 aromatic rings. The van der Waals surface area contributed by atoms with Crippen LogP contribution in [0.25, 0.3) is 11.0 Å². The molecule has 2 saturated heterocycles. The van der Waals surface area contributed by atoms with Crippen molar-refractivity contribution in [2.45, 2.75) is 64.3 Å². The quantitative estimate of drug-likeness (QED) is 0.487. The summed E-state index contributed by atoms with van der Waals surface area (Å²) in [5, 5.41) is 8.98. The van der Waals surface area contributed by atoms with Crippen molar-refractivity contribution in [1.82, 2.24) is 10.5 Å². The van der Waals surface area contributed by atoms with Crippen LogP contribution in [0.5, 0.6) is 0 Å². The average Bonchev–Trinajstić information content (AvgIpc) is 3.28. The van der Waals surface area contributed by atoms with E-state index in [1.807, 2.05) is 12.1 Å². The van der Waals surface area contributed by atoms with E-state index in [9.17, 15) is 4.39 Å². The van der Waals surface area contributed by atoms with Crippen molar-refractivity contribution in [2.24, 2.45) is 5.92 Å². The van der Waals surface area contributed by atoms with Gasteiger partial charge in [-0.1, -0.05) is 23.4 Å². The van der Waals surface area contributed by atoms with E-state index in [2.05, 4.69) is 22.6 Å². The van der Waals surface area contributed by atoms with E-state index in [0.717, 1.165) is 91.1 Å². The summed E-state index contributed by atoms with van der Waals surface area (Å²) in [7, 11) is 0. The van der Waals surface area contributed by atoms with Crippen LogP contribution in [0.2, 0.25) is 0 Å². The molecule has 6 heteroatoms. The average molecular weight is 453 g/mol. The Balaban J connectivity index is 1.38. The van der Waals surface area contributed by atoms with Crippen molar-refractivity contribution < 1.29 is 18.4 Å². The maximum absolute atomic E-state index is 13.4. The fraction of sp³-hybridized carbons (Fsp3) is 0.519. The summed E-state index contributed by atoms with van der Waals surface area (Å²) in [6.07, 6.45) is 8.19. The van der Waals surface area contributed by atoms with Crippen molar-refractivity contribution in [3.8, 4) is 0 Å². The minimum absolute atomic E-state index is 0.171. The molecule has 0 saturated carbocycles. The Hall–Kier alpha value is -2.28. The van der Waals surface area contributed by atoms with Gasteiger partial charge in [0.25, 0.3) is 0 Å². The zero-order chi connectivity index (χ0) is 22.5. The molecule has 176 valence electrons. The first kappa shape index (κ1) is 22.5. The van der Waals surface area contributed by atoms with Gasteiger partial charge in [-0.05, 0) is 99.7 Å². The molecule has 2 aliphatic heterocycles. The van der Waals surface area contributed by atoms with Crippen molar-refractivity contribution in [2.75, 3.05) is 19.7 Å². The van der Waals surface area contributed by atoms with Crippen LogP contribution >= 0.6 is 0 Å². The van der Waals surface area contributed by atoms with Crippen LogP contribution < -0.4 is 5.32 Å². The molecule has 0 spiro atoms. The summed E-state index contributed by atoms with van der Waals surface area (Å²) in [5.74, 6) is 0.530. The van der Waals surface area contributed by atoms with Crippen molar-refractivity contribution in [3.63, 3.8) is 0 Å². The SMILES string of the molecule is Fc1ccc(Cc2ccc3c(CCC4CCNCC4)noc3c2COC2CCCCO2)cc1. The third kappa shape index (κ3) is 5.62. The summed E-state index contributed by atoms with van der Waals surface area (Å²) < 4.78 is 31.2. The van der Waals surface area contributed by atoms with Gasteiger partial charge in [0.05, 0.1) is 12.3 Å². The second kappa shape index (κ2) is 10.8. The first-order valence-corrected chi connectivity index (χ1v) is 12.3. The van der Waals surface area contributed by atoms with Crippen LogP contribution in [0.4, 0.5) is 4.39 Å². The topological polar surface area (TPSA) is 56.5 Å². The van der Waals surface area contributed by atoms with E-state index >= 15 is 0 Å². The monoisotopic (exact) mass is 452 g/mol. The third-order valence-electron chi connectivity index (χ3n) is 7.02. The highest BCUT2D eigenvalue weighted by Gasteiger charge is 2.21. The largest absolute Gasteiger partial charge is 0.356 e. The number of fused-ring (bicyclic) bond motifs is 1. The zero-order valence-electron chi connectivity index (χ0n) is 19.2. The number of hydrogen-bond acceptors (Lipinski definition) is 5. The van der Waals surface area contributed by atoms with Gasteiger partial charge in [-0.2, -0.15) is 0 Å². The number of nitrogens with one attached hydrogen (secondary N) is 1. The van der Waals surface area contributed by atoms with Gasteiger partial charge in [0, 0.05) is 17.6 Å². The number of piperidine rings is 1. The van der Waals surface area contributed by atoms with E-state index in [4.69, 9.17) is 14.0 Å². The Labute approximate surface area is 194 Å². The van der Waals surface area contributed by atoms with E-state index in [0.29, 0.717) is 13.0 Å². The highest BCUT2D eigenvalue weighted by Crippen LogP contribution is 2.30. The summed E-state index contributed by atoms with van der Waals surface area (Å²) in [6.45, 7) is 3.39. The number of rotatable bonds is 8. The predicted molar refractivity (Wildman–Crippen MR) is 126 cm³/mol. The lowest BCUT2D eigenvalue weighted by Gasteiger charge is -2.23. The molecule has 2 aromatic carbocycles. The lowest BCUT2D eigenvalue weighted by molar-refractivity contribution is -0.168. The normalized spacial score (nSPS) is 19.8. The molecule has 1 aromatic heterocycles. The van der Waals surface area contributed by atoms with Crippen LogP contribution in [0.1, 0.15) is 60.9 Å². The summed E-state index contributed by atoms with van der Waals surface area (Å²) in [5.41, 5.74) is 5.03. The fourth-order valence-corrected chi connectivity index (χ4v) is 5.01. The fourth-order valence-electron chi connectivity index (χ4n) is 5.01. The van der Waals surface area contributed by atoms with Gasteiger partial charge in [0.15, 0.2) is 11.9 Å². The molecular weight excluding hydrogens is 419 g/mol. The van der Waals surface area contributed by atoms with Gasteiger partial charge in [-0.15, -0.1) is 0 Å². The second-order valence-corrected chi connectivity index (χ2v) is 9.35. The van der Waals surface area contributed by atoms with E-state index in [1.54, 1.807) is 0 Å². The highest BCUT2D eigenvalue weighted by molar-refractivity contribution is 5.83. The summed E-state index contributed by atoms with van der Waals surface area (Å²) >= 11 is 0. The van der Waals surface area contributed by atoms with E-state index in [1.165, 1.54) is 25.0 Å². The van der Waals surface area contributed by atoms with Crippen molar-refractivity contribution >= 4 is 11.0 Å². The lowest BCUT2D eigenvalue weighted by atomic mass is 9.91. The lowest BCUT2D eigenvalue weighted by Crippen LogP contribution is -2.27.